The largest absolute Gasteiger partial charge is 0.384 e. The van der Waals surface area contributed by atoms with Crippen molar-refractivity contribution < 1.29 is 0 Å². The zero-order valence-corrected chi connectivity index (χ0v) is 11.1. The van der Waals surface area contributed by atoms with Crippen molar-refractivity contribution in [1.82, 2.24) is 4.98 Å². The van der Waals surface area contributed by atoms with Crippen molar-refractivity contribution >= 4 is 28.9 Å². The molecule has 1 heterocycles. The van der Waals surface area contributed by atoms with Crippen LogP contribution in [-0.2, 0) is 5.75 Å². The van der Waals surface area contributed by atoms with E-state index in [-0.39, 0.29) is 5.84 Å². The van der Waals surface area contributed by atoms with Crippen LogP contribution in [0.4, 0.5) is 0 Å². The smallest absolute Gasteiger partial charge is 0.150 e. The fourth-order valence-corrected chi connectivity index (χ4v) is 3.16. The summed E-state index contributed by atoms with van der Waals surface area (Å²) < 4.78 is 1.08. The molecular weight excluding hydrogens is 250 g/mol. The maximum Gasteiger partial charge on any atom is 0.150 e. The summed E-state index contributed by atoms with van der Waals surface area (Å²) in [7, 11) is 0. The molecule has 3 nitrogen and oxygen atoms in total. The molecule has 0 saturated heterocycles. The number of nitrogens with two attached hydrogens (primary N) is 1. The summed E-state index contributed by atoms with van der Waals surface area (Å²) in [5.74, 6) is 1.02. The number of aromatic nitrogens is 1. The fraction of sp³-hybridized carbons (Fsp3) is 0.167. The van der Waals surface area contributed by atoms with Crippen molar-refractivity contribution in [3.8, 4) is 0 Å². The molecule has 2 rings (SSSR count). The van der Waals surface area contributed by atoms with Crippen LogP contribution in [0.2, 0.25) is 0 Å². The third-order valence-corrected chi connectivity index (χ3v) is 4.43. The Kier molecular flexibility index (Phi) is 3.81. The molecule has 17 heavy (non-hydrogen) atoms. The number of aryl methyl sites for hydroxylation is 1. The van der Waals surface area contributed by atoms with Crippen LogP contribution in [-0.4, -0.2) is 10.8 Å². The molecule has 3 N–H and O–H groups in total. The lowest BCUT2D eigenvalue weighted by Crippen LogP contribution is -2.11. The topological polar surface area (TPSA) is 62.8 Å². The van der Waals surface area contributed by atoms with Gasteiger partial charge in [0.05, 0.1) is 0 Å². The van der Waals surface area contributed by atoms with E-state index in [4.69, 9.17) is 11.1 Å². The van der Waals surface area contributed by atoms with Crippen LogP contribution in [0.3, 0.4) is 0 Å². The lowest BCUT2D eigenvalue weighted by molar-refractivity contribution is 1.23. The number of nitrogens with one attached hydrogen (secondary N) is 1. The van der Waals surface area contributed by atoms with Gasteiger partial charge in [-0.15, -0.1) is 11.3 Å². The highest BCUT2D eigenvalue weighted by Gasteiger charge is 2.04. The Morgan fingerprint density at radius 3 is 2.94 bits per heavy atom. The van der Waals surface area contributed by atoms with Crippen LogP contribution in [0.25, 0.3) is 0 Å². The molecule has 0 bridgehead atoms. The molecule has 0 unspecified atom stereocenters. The second-order valence-electron chi connectivity index (χ2n) is 3.64. The minimum Gasteiger partial charge on any atom is -0.384 e. The number of nitrogens with zero attached hydrogens (tertiary/aromatic N) is 1. The van der Waals surface area contributed by atoms with Gasteiger partial charge in [0.2, 0.25) is 0 Å². The van der Waals surface area contributed by atoms with Crippen LogP contribution in [0.15, 0.2) is 34.1 Å². The Hall–Kier alpha value is -1.33. The predicted molar refractivity (Wildman–Crippen MR) is 73.9 cm³/mol. The Labute approximate surface area is 109 Å². The van der Waals surface area contributed by atoms with Gasteiger partial charge in [-0.25, -0.2) is 4.98 Å². The van der Waals surface area contributed by atoms with Crippen LogP contribution in [0, 0.1) is 12.3 Å². The zero-order chi connectivity index (χ0) is 12.3. The van der Waals surface area contributed by atoms with E-state index in [1.165, 1.54) is 11.1 Å². The number of hydrogen-bond donors (Lipinski definition) is 2. The number of benzene rings is 1. The van der Waals surface area contributed by atoms with E-state index >= 15 is 0 Å². The highest BCUT2D eigenvalue weighted by molar-refractivity contribution is 8.00. The molecule has 0 spiro atoms. The Morgan fingerprint density at radius 1 is 1.53 bits per heavy atom. The Bertz CT molecular complexity index is 521. The third-order valence-electron chi connectivity index (χ3n) is 2.41. The minimum atomic E-state index is 0.118. The number of thiazole rings is 1. The third kappa shape index (κ3) is 3.08. The normalized spacial score (nSPS) is 10.4. The first kappa shape index (κ1) is 12.1. The summed E-state index contributed by atoms with van der Waals surface area (Å²) in [5.41, 5.74) is 8.66. The van der Waals surface area contributed by atoms with E-state index in [9.17, 15) is 0 Å². The van der Waals surface area contributed by atoms with Gasteiger partial charge in [-0.2, -0.15) is 0 Å². The maximum absolute atomic E-state index is 7.38. The van der Waals surface area contributed by atoms with Gasteiger partial charge in [0.25, 0.3) is 0 Å². The average Bonchev–Trinajstić information content (AvgIpc) is 2.80. The second kappa shape index (κ2) is 5.33. The molecule has 0 radical (unpaired) electrons. The predicted octanol–water partition coefficient (Wildman–Crippen LogP) is 3.03. The molecule has 88 valence electrons. The monoisotopic (exact) mass is 263 g/mol. The van der Waals surface area contributed by atoms with E-state index in [2.05, 4.69) is 4.98 Å². The lowest BCUT2D eigenvalue weighted by atomic mass is 10.1. The number of amidine groups is 1. The quantitative estimate of drug-likeness (QED) is 0.506. The van der Waals surface area contributed by atoms with Gasteiger partial charge in [0.15, 0.2) is 0 Å². The second-order valence-corrected chi connectivity index (χ2v) is 5.76. The molecule has 1 aromatic heterocycles. The molecule has 0 aliphatic carbocycles. The molecule has 0 saturated carbocycles. The average molecular weight is 263 g/mol. The summed E-state index contributed by atoms with van der Waals surface area (Å²) in [4.78, 5) is 4.23. The summed E-state index contributed by atoms with van der Waals surface area (Å²) >= 11 is 3.38. The fourth-order valence-electron chi connectivity index (χ4n) is 1.45. The van der Waals surface area contributed by atoms with Gasteiger partial charge in [0, 0.05) is 22.9 Å². The summed E-state index contributed by atoms with van der Waals surface area (Å²) in [5, 5.41) is 9.36. The van der Waals surface area contributed by atoms with Gasteiger partial charge in [-0.1, -0.05) is 23.9 Å². The van der Waals surface area contributed by atoms with Crippen LogP contribution in [0.1, 0.15) is 16.7 Å². The molecule has 2 aromatic rings. The highest BCUT2D eigenvalue weighted by atomic mass is 32.2. The minimum absolute atomic E-state index is 0.118. The molecular formula is C12H13N3S2. The van der Waals surface area contributed by atoms with Crippen molar-refractivity contribution in [1.29, 1.82) is 5.41 Å². The van der Waals surface area contributed by atoms with Gasteiger partial charge >= 0.3 is 0 Å². The van der Waals surface area contributed by atoms with E-state index in [0.717, 1.165) is 15.7 Å². The van der Waals surface area contributed by atoms with E-state index in [1.807, 2.05) is 36.7 Å². The standard InChI is InChI=1S/C12H13N3S2/c1-8-6-9(11(13)14)2-3-10(8)7-17-12-15-4-5-16-12/h2-6H,7H2,1H3,(H3,13,14). The first-order chi connectivity index (χ1) is 8.16. The summed E-state index contributed by atoms with van der Waals surface area (Å²) in [6.45, 7) is 2.05. The molecule has 0 amide bonds. The van der Waals surface area contributed by atoms with Crippen molar-refractivity contribution in [2.24, 2.45) is 5.73 Å². The van der Waals surface area contributed by atoms with E-state index < -0.39 is 0 Å². The SMILES string of the molecule is Cc1cc(C(=N)N)ccc1CSc1nccs1. The van der Waals surface area contributed by atoms with Crippen molar-refractivity contribution in [2.45, 2.75) is 17.0 Å². The van der Waals surface area contributed by atoms with Crippen LogP contribution >= 0.6 is 23.1 Å². The number of rotatable bonds is 4. The number of hydrogen-bond acceptors (Lipinski definition) is 4. The zero-order valence-electron chi connectivity index (χ0n) is 9.43. The Morgan fingerprint density at radius 2 is 2.35 bits per heavy atom. The molecule has 5 heteroatoms. The summed E-state index contributed by atoms with van der Waals surface area (Å²) in [6, 6.07) is 5.89. The van der Waals surface area contributed by atoms with Crippen molar-refractivity contribution in [3.05, 3.63) is 46.5 Å². The molecule has 0 fully saturated rings. The van der Waals surface area contributed by atoms with E-state index in [0.29, 0.717) is 0 Å². The molecule has 1 aromatic carbocycles. The van der Waals surface area contributed by atoms with Gasteiger partial charge in [-0.05, 0) is 24.1 Å². The van der Waals surface area contributed by atoms with Crippen LogP contribution in [0.5, 0.6) is 0 Å². The van der Waals surface area contributed by atoms with Crippen molar-refractivity contribution in [2.75, 3.05) is 0 Å². The number of nitrogen functional groups attached to an aromatic ring is 1. The first-order valence-electron chi connectivity index (χ1n) is 5.13. The summed E-state index contributed by atoms with van der Waals surface area (Å²) in [6.07, 6.45) is 1.82. The molecule has 0 aliphatic rings. The highest BCUT2D eigenvalue weighted by Crippen LogP contribution is 2.26. The first-order valence-corrected chi connectivity index (χ1v) is 6.99. The van der Waals surface area contributed by atoms with Gasteiger partial charge in [-0.3, -0.25) is 5.41 Å². The maximum atomic E-state index is 7.38. The lowest BCUT2D eigenvalue weighted by Gasteiger charge is -2.06. The number of thioether (sulfide) groups is 1. The van der Waals surface area contributed by atoms with Crippen LogP contribution < -0.4 is 5.73 Å². The van der Waals surface area contributed by atoms with Gasteiger partial charge < -0.3 is 5.73 Å². The van der Waals surface area contributed by atoms with Crippen molar-refractivity contribution in [3.63, 3.8) is 0 Å². The van der Waals surface area contributed by atoms with E-state index in [1.54, 1.807) is 23.1 Å². The molecule has 0 aliphatic heterocycles. The molecule has 0 atom stereocenters. The Balaban J connectivity index is 2.09. The van der Waals surface area contributed by atoms with Gasteiger partial charge in [0.1, 0.15) is 10.2 Å².